The molecule has 1 unspecified atom stereocenters. The summed E-state index contributed by atoms with van der Waals surface area (Å²) < 4.78 is 0. The van der Waals surface area contributed by atoms with Crippen molar-refractivity contribution in [3.05, 3.63) is 41.8 Å². The van der Waals surface area contributed by atoms with E-state index in [-0.39, 0.29) is 11.7 Å². The van der Waals surface area contributed by atoms with Crippen molar-refractivity contribution in [3.63, 3.8) is 0 Å². The van der Waals surface area contributed by atoms with Gasteiger partial charge < -0.3 is 0 Å². The fourth-order valence-corrected chi connectivity index (χ4v) is 2.33. The highest BCUT2D eigenvalue weighted by atomic mass is 16.2. The molecule has 0 aliphatic heterocycles. The van der Waals surface area contributed by atoms with E-state index in [1.54, 1.807) is 0 Å². The third-order valence-electron chi connectivity index (χ3n) is 3.43. The van der Waals surface area contributed by atoms with Gasteiger partial charge in [0.15, 0.2) is 12.1 Å². The van der Waals surface area contributed by atoms with Crippen LogP contribution in [0.5, 0.6) is 0 Å². The first-order chi connectivity index (χ1) is 8.72. The number of hydrogen-bond donors (Lipinski definition) is 0. The van der Waals surface area contributed by atoms with Crippen molar-refractivity contribution in [1.82, 2.24) is 0 Å². The summed E-state index contributed by atoms with van der Waals surface area (Å²) in [7, 11) is 0. The van der Waals surface area contributed by atoms with Gasteiger partial charge in [0.25, 0.3) is 0 Å². The van der Waals surface area contributed by atoms with Crippen molar-refractivity contribution in [2.45, 2.75) is 39.5 Å². The molecule has 0 N–H and O–H groups in total. The molecule has 0 aliphatic carbocycles. The van der Waals surface area contributed by atoms with Gasteiger partial charge in [-0.2, -0.15) is 0 Å². The fourth-order valence-electron chi connectivity index (χ4n) is 2.33. The Hall–Kier alpha value is -1.44. The second-order valence-corrected chi connectivity index (χ2v) is 4.46. The number of benzene rings is 1. The van der Waals surface area contributed by atoms with Gasteiger partial charge in [-0.15, -0.1) is 0 Å². The van der Waals surface area contributed by atoms with Gasteiger partial charge in [0.1, 0.15) is 0 Å². The molecule has 1 radical (unpaired) electrons. The van der Waals surface area contributed by atoms with Gasteiger partial charge in [0.05, 0.1) is 0 Å². The molecule has 2 nitrogen and oxygen atoms in total. The van der Waals surface area contributed by atoms with Gasteiger partial charge in [-0.05, 0) is 37.2 Å². The number of hydrogen-bond acceptors (Lipinski definition) is 2. The number of Topliss-reactive ketones (excluding diaryl/α,β-unsaturated/α-hetero) is 1. The van der Waals surface area contributed by atoms with Crippen LogP contribution in [0.2, 0.25) is 0 Å². The summed E-state index contributed by atoms with van der Waals surface area (Å²) in [5.41, 5.74) is 1.22. The average molecular weight is 245 g/mol. The smallest absolute Gasteiger partial charge is 0.198 e. The number of carbonyl (C=O) groups excluding carboxylic acids is 2. The van der Waals surface area contributed by atoms with Crippen LogP contribution in [0.1, 0.15) is 38.7 Å². The zero-order valence-corrected chi connectivity index (χ0v) is 11.2. The third-order valence-corrected chi connectivity index (χ3v) is 3.43. The van der Waals surface area contributed by atoms with Crippen molar-refractivity contribution in [2.75, 3.05) is 0 Å². The van der Waals surface area contributed by atoms with E-state index in [2.05, 4.69) is 12.1 Å². The molecule has 0 spiro atoms. The molecule has 1 aromatic rings. The Morgan fingerprint density at radius 2 is 1.78 bits per heavy atom. The summed E-state index contributed by atoms with van der Waals surface area (Å²) in [6.07, 6.45) is 3.79. The number of aldehydes is 1. The van der Waals surface area contributed by atoms with Crippen LogP contribution in [-0.4, -0.2) is 12.1 Å². The van der Waals surface area contributed by atoms with E-state index in [9.17, 15) is 9.59 Å². The molecular formula is C16H21O2. The van der Waals surface area contributed by atoms with E-state index in [1.807, 2.05) is 32.0 Å². The lowest BCUT2D eigenvalue weighted by molar-refractivity contribution is -0.132. The lowest BCUT2D eigenvalue weighted by Gasteiger charge is -2.21. The normalized spacial score (nSPS) is 12.4. The van der Waals surface area contributed by atoms with Gasteiger partial charge in [-0.25, -0.2) is 0 Å². The Bertz CT molecular complexity index is 366. The van der Waals surface area contributed by atoms with Gasteiger partial charge in [-0.3, -0.25) is 9.59 Å². The van der Waals surface area contributed by atoms with Crippen molar-refractivity contribution in [2.24, 2.45) is 5.92 Å². The largest absolute Gasteiger partial charge is 0.295 e. The molecule has 0 fully saturated rings. The third kappa shape index (κ3) is 4.10. The minimum Gasteiger partial charge on any atom is -0.295 e. The van der Waals surface area contributed by atoms with Crippen LogP contribution < -0.4 is 0 Å². The van der Waals surface area contributed by atoms with E-state index in [1.165, 1.54) is 11.5 Å². The van der Waals surface area contributed by atoms with Gasteiger partial charge in [0.2, 0.25) is 0 Å². The molecular weight excluding hydrogens is 224 g/mol. The van der Waals surface area contributed by atoms with Crippen LogP contribution in [0, 0.1) is 11.8 Å². The molecule has 1 rings (SSSR count). The number of carbonyl (C=O) groups is 2. The zero-order valence-electron chi connectivity index (χ0n) is 11.2. The maximum atomic E-state index is 11.7. The summed E-state index contributed by atoms with van der Waals surface area (Å²) in [4.78, 5) is 22.4. The molecule has 0 amide bonds. The highest BCUT2D eigenvalue weighted by Gasteiger charge is 2.25. The number of rotatable bonds is 8. The van der Waals surface area contributed by atoms with Crippen molar-refractivity contribution >= 4 is 12.1 Å². The minimum atomic E-state index is -0.273. The molecule has 0 aromatic heterocycles. The SMILES string of the molecule is CC[C](CC)C(CCc1ccccc1)C(=O)C=O. The molecule has 18 heavy (non-hydrogen) atoms. The van der Waals surface area contributed by atoms with Gasteiger partial charge in [0, 0.05) is 5.92 Å². The Labute approximate surface area is 109 Å². The lowest BCUT2D eigenvalue weighted by Crippen LogP contribution is -2.23. The van der Waals surface area contributed by atoms with E-state index in [0.29, 0.717) is 6.29 Å². The Kier molecular flexibility index (Phi) is 6.34. The first kappa shape index (κ1) is 14.6. The molecule has 1 atom stereocenters. The van der Waals surface area contributed by atoms with Gasteiger partial charge in [-0.1, -0.05) is 44.2 Å². The molecule has 97 valence electrons. The number of ketones is 1. The standard InChI is InChI=1S/C16H21O2/c1-3-14(4-2)15(16(18)12-17)11-10-13-8-6-5-7-9-13/h5-9,12,15H,3-4,10-11H2,1-2H3. The molecule has 0 aliphatic rings. The van der Waals surface area contributed by atoms with Crippen LogP contribution in [0.25, 0.3) is 0 Å². The summed E-state index contributed by atoms with van der Waals surface area (Å²) in [5.74, 6) is 0.713. The summed E-state index contributed by atoms with van der Waals surface area (Å²) >= 11 is 0. The maximum Gasteiger partial charge on any atom is 0.198 e. The second-order valence-electron chi connectivity index (χ2n) is 4.46. The van der Waals surface area contributed by atoms with Crippen molar-refractivity contribution in [3.8, 4) is 0 Å². The average Bonchev–Trinajstić information content (AvgIpc) is 2.43. The maximum absolute atomic E-state index is 11.7. The predicted molar refractivity (Wildman–Crippen MR) is 73.1 cm³/mol. The summed E-state index contributed by atoms with van der Waals surface area (Å²) in [5, 5.41) is 0. The second kappa shape index (κ2) is 7.80. The minimum absolute atomic E-state index is 0.197. The fraction of sp³-hybridized carbons (Fsp3) is 0.438. The van der Waals surface area contributed by atoms with E-state index >= 15 is 0 Å². The van der Waals surface area contributed by atoms with E-state index in [4.69, 9.17) is 0 Å². The quantitative estimate of drug-likeness (QED) is 0.519. The predicted octanol–water partition coefficient (Wildman–Crippen LogP) is 3.40. The highest BCUT2D eigenvalue weighted by Crippen LogP contribution is 2.26. The topological polar surface area (TPSA) is 34.1 Å². The first-order valence-corrected chi connectivity index (χ1v) is 6.60. The van der Waals surface area contributed by atoms with Crippen molar-refractivity contribution in [1.29, 1.82) is 0 Å². The Balaban J connectivity index is 2.67. The van der Waals surface area contributed by atoms with Crippen LogP contribution in [0.4, 0.5) is 0 Å². The van der Waals surface area contributed by atoms with Gasteiger partial charge >= 0.3 is 0 Å². The summed E-state index contributed by atoms with van der Waals surface area (Å²) in [6, 6.07) is 10.1. The van der Waals surface area contributed by atoms with Crippen molar-refractivity contribution < 1.29 is 9.59 Å². The lowest BCUT2D eigenvalue weighted by atomic mass is 9.81. The van der Waals surface area contributed by atoms with E-state index < -0.39 is 0 Å². The molecule has 1 aromatic carbocycles. The van der Waals surface area contributed by atoms with Crippen LogP contribution in [0.3, 0.4) is 0 Å². The molecule has 0 saturated carbocycles. The Morgan fingerprint density at radius 3 is 2.28 bits per heavy atom. The van der Waals surface area contributed by atoms with Crippen LogP contribution in [-0.2, 0) is 16.0 Å². The summed E-state index contributed by atoms with van der Waals surface area (Å²) in [6.45, 7) is 4.10. The Morgan fingerprint density at radius 1 is 1.17 bits per heavy atom. The molecule has 0 bridgehead atoms. The molecule has 0 saturated heterocycles. The monoisotopic (exact) mass is 245 g/mol. The molecule has 2 heteroatoms. The van der Waals surface area contributed by atoms with Crippen LogP contribution >= 0.6 is 0 Å². The highest BCUT2D eigenvalue weighted by molar-refractivity contribution is 6.26. The van der Waals surface area contributed by atoms with Crippen LogP contribution in [0.15, 0.2) is 30.3 Å². The number of aryl methyl sites for hydroxylation is 1. The van der Waals surface area contributed by atoms with E-state index in [0.717, 1.165) is 25.7 Å². The zero-order chi connectivity index (χ0) is 13.4. The first-order valence-electron chi connectivity index (χ1n) is 6.60. The molecule has 0 heterocycles.